The number of hydrogen-bond donors (Lipinski definition) is 1. The van der Waals surface area contributed by atoms with Crippen LogP contribution in [-0.4, -0.2) is 10.9 Å². The van der Waals surface area contributed by atoms with E-state index in [0.717, 1.165) is 18.5 Å². The molecule has 0 radical (unpaired) electrons. The van der Waals surface area contributed by atoms with Crippen LogP contribution in [0, 0.1) is 0 Å². The van der Waals surface area contributed by atoms with Crippen molar-refractivity contribution < 1.29 is 0 Å². The predicted molar refractivity (Wildman–Crippen MR) is 47.6 cm³/mol. The van der Waals surface area contributed by atoms with E-state index in [-0.39, 0.29) is 0 Å². The van der Waals surface area contributed by atoms with Crippen LogP contribution in [-0.2, 0) is 0 Å². The van der Waals surface area contributed by atoms with Crippen LogP contribution in [0.3, 0.4) is 0 Å². The van der Waals surface area contributed by atoms with E-state index in [0.29, 0.717) is 6.04 Å². The average Bonchev–Trinajstić information content (AvgIpc) is 1.94. The van der Waals surface area contributed by atoms with Gasteiger partial charge in [0.25, 0.3) is 0 Å². The molecule has 0 aliphatic carbocycles. The molecule has 0 saturated heterocycles. The van der Waals surface area contributed by atoms with Crippen LogP contribution in [0.5, 0.6) is 0 Å². The van der Waals surface area contributed by atoms with Crippen LogP contribution in [0.15, 0.2) is 24.2 Å². The summed E-state index contributed by atoms with van der Waals surface area (Å²) in [6.45, 7) is 8.26. The van der Waals surface area contributed by atoms with Gasteiger partial charge in [-0.3, -0.25) is 0 Å². The van der Waals surface area contributed by atoms with Gasteiger partial charge in [0.05, 0.1) is 0 Å². The third-order valence-electron chi connectivity index (χ3n) is 1.93. The Labute approximate surface area is 68.4 Å². The molecule has 1 rings (SSSR count). The second-order valence-electron chi connectivity index (χ2n) is 3.27. The lowest BCUT2D eigenvalue weighted by Crippen LogP contribution is -2.28. The lowest BCUT2D eigenvalue weighted by Gasteiger charge is -2.31. The molecule has 1 heterocycles. The Bertz CT molecular complexity index is 192. The Morgan fingerprint density at radius 3 is 2.64 bits per heavy atom. The quantitative estimate of drug-likeness (QED) is 0.621. The number of allylic oxidation sites excluding steroid dienone is 2. The first kappa shape index (κ1) is 8.18. The molecule has 0 aromatic carbocycles. The minimum atomic E-state index is 0.473. The highest BCUT2D eigenvalue weighted by molar-refractivity contribution is 5.13. The minimum absolute atomic E-state index is 0.473. The molecule has 0 atom stereocenters. The molecule has 2 nitrogen and oxygen atoms in total. The molecule has 1 aliphatic heterocycles. The summed E-state index contributed by atoms with van der Waals surface area (Å²) in [5.74, 6) is 0. The fourth-order valence-electron chi connectivity index (χ4n) is 1.27. The van der Waals surface area contributed by atoms with Crippen molar-refractivity contribution >= 4 is 0 Å². The first-order valence-corrected chi connectivity index (χ1v) is 4.03. The normalized spacial score (nSPS) is 19.0. The van der Waals surface area contributed by atoms with Gasteiger partial charge < -0.3 is 10.6 Å². The van der Waals surface area contributed by atoms with E-state index < -0.39 is 0 Å². The molecule has 0 aromatic rings. The zero-order valence-electron chi connectivity index (χ0n) is 7.30. The summed E-state index contributed by atoms with van der Waals surface area (Å²) in [6, 6.07) is 0.473. The number of rotatable bonds is 1. The predicted octanol–water partition coefficient (Wildman–Crippen LogP) is 1.80. The van der Waals surface area contributed by atoms with Gasteiger partial charge in [-0.2, -0.15) is 0 Å². The van der Waals surface area contributed by atoms with Gasteiger partial charge in [0.2, 0.25) is 0 Å². The first-order chi connectivity index (χ1) is 5.11. The Morgan fingerprint density at radius 2 is 2.18 bits per heavy atom. The molecule has 0 amide bonds. The van der Waals surface area contributed by atoms with Crippen LogP contribution in [0.2, 0.25) is 0 Å². The fraction of sp³-hybridized carbons (Fsp3) is 0.556. The van der Waals surface area contributed by atoms with Crippen LogP contribution >= 0.6 is 0 Å². The highest BCUT2D eigenvalue weighted by atomic mass is 15.2. The van der Waals surface area contributed by atoms with Gasteiger partial charge in [-0.05, 0) is 26.7 Å². The number of nitrogens with two attached hydrogens (primary N) is 1. The second-order valence-corrected chi connectivity index (χ2v) is 3.27. The lowest BCUT2D eigenvalue weighted by atomic mass is 10.1. The van der Waals surface area contributed by atoms with E-state index in [4.69, 9.17) is 5.73 Å². The summed E-state index contributed by atoms with van der Waals surface area (Å²) >= 11 is 0. The molecule has 0 bridgehead atoms. The van der Waals surface area contributed by atoms with Crippen molar-refractivity contribution in [1.82, 2.24) is 4.90 Å². The molecular weight excluding hydrogens is 136 g/mol. The van der Waals surface area contributed by atoms with Gasteiger partial charge in [0.15, 0.2) is 0 Å². The summed E-state index contributed by atoms with van der Waals surface area (Å²) in [6.07, 6.45) is 3.96. The number of nitrogens with zero attached hydrogens (tertiary/aromatic N) is 1. The third-order valence-corrected chi connectivity index (χ3v) is 1.93. The highest BCUT2D eigenvalue weighted by Gasteiger charge is 2.13. The second kappa shape index (κ2) is 2.99. The van der Waals surface area contributed by atoms with Crippen molar-refractivity contribution in [3.8, 4) is 0 Å². The Hall–Kier alpha value is -0.920. The summed E-state index contributed by atoms with van der Waals surface area (Å²) in [7, 11) is 0. The van der Waals surface area contributed by atoms with E-state index in [9.17, 15) is 0 Å². The molecule has 2 heteroatoms. The zero-order valence-corrected chi connectivity index (χ0v) is 7.30. The van der Waals surface area contributed by atoms with Crippen molar-refractivity contribution in [2.24, 2.45) is 5.73 Å². The highest BCUT2D eigenvalue weighted by Crippen LogP contribution is 2.21. The molecular formula is C9H16N2. The maximum absolute atomic E-state index is 5.70. The maximum Gasteiger partial charge on any atom is 0.0277 e. The van der Waals surface area contributed by atoms with Crippen LogP contribution in [0.1, 0.15) is 26.7 Å². The molecule has 0 unspecified atom stereocenters. The van der Waals surface area contributed by atoms with Crippen molar-refractivity contribution in [2.45, 2.75) is 32.7 Å². The van der Waals surface area contributed by atoms with Gasteiger partial charge in [0, 0.05) is 23.6 Å². The fourth-order valence-corrected chi connectivity index (χ4v) is 1.27. The molecule has 0 fully saturated rings. The largest absolute Gasteiger partial charge is 0.401 e. The third kappa shape index (κ3) is 1.76. The monoisotopic (exact) mass is 152 g/mol. The lowest BCUT2D eigenvalue weighted by molar-refractivity contribution is 0.355. The van der Waals surface area contributed by atoms with E-state index in [1.807, 2.05) is 6.20 Å². The van der Waals surface area contributed by atoms with Gasteiger partial charge in [-0.15, -0.1) is 0 Å². The standard InChI is InChI=1S/C9H16N2/c1-7(2)11-6-9(10)5-4-8(11)3/h6-7H,3-5,10H2,1-2H3. The van der Waals surface area contributed by atoms with E-state index in [2.05, 4.69) is 25.3 Å². The van der Waals surface area contributed by atoms with Gasteiger partial charge in [0.1, 0.15) is 0 Å². The van der Waals surface area contributed by atoms with E-state index in [1.165, 1.54) is 5.70 Å². The van der Waals surface area contributed by atoms with Crippen molar-refractivity contribution in [3.05, 3.63) is 24.2 Å². The first-order valence-electron chi connectivity index (χ1n) is 4.03. The van der Waals surface area contributed by atoms with Crippen LogP contribution < -0.4 is 5.73 Å². The SMILES string of the molecule is C=C1CCC(N)=CN1C(C)C. The topological polar surface area (TPSA) is 29.3 Å². The minimum Gasteiger partial charge on any atom is -0.401 e. The molecule has 0 aromatic heterocycles. The zero-order chi connectivity index (χ0) is 8.43. The Balaban J connectivity index is 2.75. The Morgan fingerprint density at radius 1 is 1.55 bits per heavy atom. The molecule has 0 saturated carbocycles. The van der Waals surface area contributed by atoms with Gasteiger partial charge in [-0.1, -0.05) is 6.58 Å². The molecule has 62 valence electrons. The average molecular weight is 152 g/mol. The summed E-state index contributed by atoms with van der Waals surface area (Å²) in [5, 5.41) is 0. The van der Waals surface area contributed by atoms with Crippen LogP contribution in [0.4, 0.5) is 0 Å². The molecule has 0 spiro atoms. The summed E-state index contributed by atoms with van der Waals surface area (Å²) < 4.78 is 0. The van der Waals surface area contributed by atoms with Gasteiger partial charge >= 0.3 is 0 Å². The molecule has 2 N–H and O–H groups in total. The smallest absolute Gasteiger partial charge is 0.0277 e. The van der Waals surface area contributed by atoms with Gasteiger partial charge in [-0.25, -0.2) is 0 Å². The Kier molecular flexibility index (Phi) is 2.22. The van der Waals surface area contributed by atoms with Crippen molar-refractivity contribution in [1.29, 1.82) is 0 Å². The van der Waals surface area contributed by atoms with E-state index >= 15 is 0 Å². The number of hydrogen-bond acceptors (Lipinski definition) is 2. The van der Waals surface area contributed by atoms with Crippen LogP contribution in [0.25, 0.3) is 0 Å². The maximum atomic E-state index is 5.70. The van der Waals surface area contributed by atoms with Crippen molar-refractivity contribution in [3.63, 3.8) is 0 Å². The summed E-state index contributed by atoms with van der Waals surface area (Å²) in [5.41, 5.74) is 7.84. The summed E-state index contributed by atoms with van der Waals surface area (Å²) in [4.78, 5) is 2.14. The van der Waals surface area contributed by atoms with E-state index in [1.54, 1.807) is 0 Å². The molecule has 11 heavy (non-hydrogen) atoms. The van der Waals surface area contributed by atoms with Crippen molar-refractivity contribution in [2.75, 3.05) is 0 Å². The molecule has 1 aliphatic rings.